The molecule has 4 saturated heterocycles. The summed E-state index contributed by atoms with van der Waals surface area (Å²) in [5, 5.41) is 0. The maximum atomic E-state index is 12.5. The van der Waals surface area contributed by atoms with E-state index < -0.39 is 22.8 Å². The van der Waals surface area contributed by atoms with Crippen molar-refractivity contribution < 1.29 is 38.0 Å². The Kier molecular flexibility index (Phi) is 5.33. The lowest BCUT2D eigenvalue weighted by atomic mass is 9.52. The molecule has 8 nitrogen and oxygen atoms in total. The van der Waals surface area contributed by atoms with E-state index in [1.807, 2.05) is 6.92 Å². The molecule has 0 aromatic carbocycles. The average Bonchev–Trinajstić information content (AvgIpc) is 3.37. The number of esters is 2. The second-order valence-corrected chi connectivity index (χ2v) is 14.6. The first kappa shape index (κ1) is 26.4. The lowest BCUT2D eigenvalue weighted by Gasteiger charge is -2.54. The van der Waals surface area contributed by atoms with Crippen LogP contribution in [0.3, 0.4) is 0 Å². The molecule has 0 aromatic rings. The maximum Gasteiger partial charge on any atom is 0.306 e. The minimum atomic E-state index is -1.07. The lowest BCUT2D eigenvalue weighted by Crippen LogP contribution is -2.58. The number of epoxide rings is 1. The van der Waals surface area contributed by atoms with Gasteiger partial charge in [-0.1, -0.05) is 26.3 Å². The van der Waals surface area contributed by atoms with Crippen LogP contribution >= 0.6 is 0 Å². The highest BCUT2D eigenvalue weighted by molar-refractivity contribution is 5.73. The maximum absolute atomic E-state index is 12.5. The van der Waals surface area contributed by atoms with Gasteiger partial charge in [-0.25, -0.2) is 0 Å². The van der Waals surface area contributed by atoms with Crippen molar-refractivity contribution in [2.75, 3.05) is 0 Å². The second-order valence-electron chi connectivity index (χ2n) is 14.6. The summed E-state index contributed by atoms with van der Waals surface area (Å²) in [6.45, 7) is 16.5. The summed E-state index contributed by atoms with van der Waals surface area (Å²) in [6, 6.07) is 0. The van der Waals surface area contributed by atoms with Gasteiger partial charge in [-0.2, -0.15) is 0 Å². The summed E-state index contributed by atoms with van der Waals surface area (Å²) in [4.78, 5) is 24.7. The third-order valence-electron chi connectivity index (χ3n) is 12.4. The molecule has 13 atom stereocenters. The number of carbonyl (C=O) groups excluding carboxylic acids is 2. The average molecular weight is 545 g/mol. The Bertz CT molecular complexity index is 1140. The Morgan fingerprint density at radius 2 is 1.87 bits per heavy atom. The highest BCUT2D eigenvalue weighted by atomic mass is 16.9. The van der Waals surface area contributed by atoms with Crippen LogP contribution in [0.2, 0.25) is 0 Å². The Labute approximate surface area is 231 Å². The summed E-state index contributed by atoms with van der Waals surface area (Å²) in [7, 11) is 0. The monoisotopic (exact) mass is 544 g/mol. The number of carbonyl (C=O) groups is 2. The number of ether oxygens (including phenoxy) is 6. The third-order valence-corrected chi connectivity index (χ3v) is 12.4. The van der Waals surface area contributed by atoms with Crippen LogP contribution in [0.1, 0.15) is 87.5 Å². The molecule has 7 aliphatic rings. The highest BCUT2D eigenvalue weighted by Gasteiger charge is 2.74. The summed E-state index contributed by atoms with van der Waals surface area (Å²) in [6.07, 6.45) is 5.77. The van der Waals surface area contributed by atoms with Gasteiger partial charge < -0.3 is 28.4 Å². The first-order valence-electron chi connectivity index (χ1n) is 15.0. The van der Waals surface area contributed by atoms with Gasteiger partial charge in [0.15, 0.2) is 0 Å². The van der Waals surface area contributed by atoms with Crippen LogP contribution in [0.5, 0.6) is 0 Å². The molecule has 39 heavy (non-hydrogen) atoms. The number of rotatable bonds is 3. The van der Waals surface area contributed by atoms with Crippen molar-refractivity contribution in [3.05, 3.63) is 11.6 Å². The normalized spacial score (nSPS) is 55.3. The van der Waals surface area contributed by atoms with Crippen LogP contribution in [-0.4, -0.2) is 59.1 Å². The minimum absolute atomic E-state index is 0.0329. The van der Waals surface area contributed by atoms with Crippen LogP contribution in [0.25, 0.3) is 0 Å². The predicted molar refractivity (Wildman–Crippen MR) is 139 cm³/mol. The largest absolute Gasteiger partial charge is 0.458 e. The first-order valence-corrected chi connectivity index (χ1v) is 15.0. The summed E-state index contributed by atoms with van der Waals surface area (Å²) < 4.78 is 37.7. The molecule has 2 bridgehead atoms. The molecule has 2 saturated carbocycles. The van der Waals surface area contributed by atoms with Gasteiger partial charge in [0.25, 0.3) is 5.97 Å². The Morgan fingerprint density at radius 3 is 2.51 bits per heavy atom. The number of hydrogen-bond acceptors (Lipinski definition) is 8. The summed E-state index contributed by atoms with van der Waals surface area (Å²) in [5.41, 5.74) is -0.520. The predicted octanol–water partition coefficient (Wildman–Crippen LogP) is 4.68. The van der Waals surface area contributed by atoms with Gasteiger partial charge in [0.1, 0.15) is 23.4 Å². The number of fused-ring (bicyclic) bond motifs is 8. The smallest absolute Gasteiger partial charge is 0.306 e. The van der Waals surface area contributed by atoms with Crippen LogP contribution in [0, 0.1) is 35.0 Å². The molecule has 216 valence electrons. The molecule has 3 aliphatic carbocycles. The summed E-state index contributed by atoms with van der Waals surface area (Å²) >= 11 is 0. The van der Waals surface area contributed by atoms with Crippen LogP contribution in [0.15, 0.2) is 11.6 Å². The van der Waals surface area contributed by atoms with Crippen molar-refractivity contribution in [3.8, 4) is 0 Å². The topological polar surface area (TPSA) is 92.8 Å². The summed E-state index contributed by atoms with van der Waals surface area (Å²) in [5.74, 6) is -0.417. The quantitative estimate of drug-likeness (QED) is 0.287. The lowest BCUT2D eigenvalue weighted by molar-refractivity contribution is -0.385. The molecule has 8 heteroatoms. The van der Waals surface area contributed by atoms with Crippen molar-refractivity contribution in [3.63, 3.8) is 0 Å². The molecule has 1 spiro atoms. The van der Waals surface area contributed by atoms with Crippen molar-refractivity contribution in [1.82, 2.24) is 0 Å². The minimum Gasteiger partial charge on any atom is -0.458 e. The van der Waals surface area contributed by atoms with Gasteiger partial charge in [0.05, 0.1) is 17.8 Å². The Balaban J connectivity index is 1.24. The van der Waals surface area contributed by atoms with Gasteiger partial charge >= 0.3 is 11.9 Å². The fourth-order valence-electron chi connectivity index (χ4n) is 10.1. The molecule has 7 rings (SSSR count). The highest BCUT2D eigenvalue weighted by Crippen LogP contribution is 2.68. The van der Waals surface area contributed by atoms with Crippen molar-refractivity contribution >= 4 is 11.9 Å². The van der Waals surface area contributed by atoms with Gasteiger partial charge in [0.2, 0.25) is 0 Å². The van der Waals surface area contributed by atoms with E-state index in [0.717, 1.165) is 19.3 Å². The molecule has 0 N–H and O–H groups in total. The van der Waals surface area contributed by atoms with Crippen LogP contribution in [0.4, 0.5) is 0 Å². The molecule has 4 heterocycles. The van der Waals surface area contributed by atoms with E-state index >= 15 is 0 Å². The zero-order valence-electron chi connectivity index (χ0n) is 24.6. The Hall–Kier alpha value is -1.48. The molecular weight excluding hydrogens is 500 g/mol. The Morgan fingerprint density at radius 1 is 1.13 bits per heavy atom. The molecule has 6 fully saturated rings. The zero-order chi connectivity index (χ0) is 27.9. The van der Waals surface area contributed by atoms with Gasteiger partial charge in [0, 0.05) is 50.4 Å². The molecule has 13 unspecified atom stereocenters. The molecule has 0 radical (unpaired) electrons. The van der Waals surface area contributed by atoms with Crippen molar-refractivity contribution in [2.24, 2.45) is 35.0 Å². The third kappa shape index (κ3) is 3.38. The van der Waals surface area contributed by atoms with Crippen LogP contribution in [-0.2, 0) is 38.0 Å². The molecular formula is C31H44O8. The van der Waals surface area contributed by atoms with Crippen molar-refractivity contribution in [1.29, 1.82) is 0 Å². The second kappa shape index (κ2) is 7.87. The van der Waals surface area contributed by atoms with Gasteiger partial charge in [-0.15, -0.1) is 0 Å². The van der Waals surface area contributed by atoms with Crippen LogP contribution < -0.4 is 0 Å². The molecule has 0 amide bonds. The van der Waals surface area contributed by atoms with E-state index in [4.69, 9.17) is 28.4 Å². The standard InChI is InChI=1S/C31H44O8/c1-15(21-14-28(6)27(4,5)38-30(8,36-21)39-28)19-9-10-20-24-18(13-22(29(19,20)7)34-17(3)32)16(2)31(26-25(24)35-26)12-11-23(33)37-31/h13,15-16,19-22,24-26H,9-12,14H2,1-8H3. The zero-order valence-corrected chi connectivity index (χ0v) is 24.6. The SMILES string of the molecule is CC(=O)OC1C=C2C(C3OC3C3(CCC(=O)O3)C2C)C2CCC(C(C)C3CC4(C)OC(C)(O3)OC4(C)C)C12C. The fourth-order valence-corrected chi connectivity index (χ4v) is 10.1. The van der Waals surface area contributed by atoms with E-state index in [1.54, 1.807) is 0 Å². The van der Waals surface area contributed by atoms with E-state index in [9.17, 15) is 9.59 Å². The van der Waals surface area contributed by atoms with E-state index in [-0.39, 0.29) is 65.4 Å². The molecule has 4 aliphatic heterocycles. The van der Waals surface area contributed by atoms with E-state index in [0.29, 0.717) is 18.8 Å². The molecule has 0 aromatic heterocycles. The number of hydrogen-bond donors (Lipinski definition) is 0. The van der Waals surface area contributed by atoms with Crippen molar-refractivity contribution in [2.45, 2.75) is 135 Å². The van der Waals surface area contributed by atoms with Gasteiger partial charge in [-0.05, 0) is 57.4 Å². The fraction of sp³-hybridized carbons (Fsp3) is 0.871. The van der Waals surface area contributed by atoms with E-state index in [1.165, 1.54) is 12.5 Å². The van der Waals surface area contributed by atoms with E-state index in [2.05, 4.69) is 47.6 Å². The van der Waals surface area contributed by atoms with Gasteiger partial charge in [-0.3, -0.25) is 9.59 Å². The first-order chi connectivity index (χ1) is 18.1.